The maximum Gasteiger partial charge on any atom is 0.262 e. The van der Waals surface area contributed by atoms with E-state index in [1.165, 1.54) is 0 Å². The van der Waals surface area contributed by atoms with Crippen LogP contribution in [-0.4, -0.2) is 35.7 Å². The molecule has 0 spiro atoms. The number of nitrogens with zero attached hydrogens (tertiary/aromatic N) is 2. The Labute approximate surface area is 139 Å². The van der Waals surface area contributed by atoms with Crippen molar-refractivity contribution in [2.24, 2.45) is 0 Å². The van der Waals surface area contributed by atoms with Gasteiger partial charge in [-0.1, -0.05) is 37.3 Å². The first-order chi connectivity index (χ1) is 11.6. The van der Waals surface area contributed by atoms with Gasteiger partial charge in [-0.3, -0.25) is 19.3 Å². The minimum atomic E-state index is -0.399. The van der Waals surface area contributed by atoms with E-state index in [0.29, 0.717) is 17.7 Å². The molecule has 0 N–H and O–H groups in total. The second kappa shape index (κ2) is 5.30. The van der Waals surface area contributed by atoms with E-state index in [9.17, 15) is 14.4 Å². The van der Waals surface area contributed by atoms with E-state index in [-0.39, 0.29) is 18.4 Å². The normalized spacial score (nSPS) is 18.8. The fourth-order valence-corrected chi connectivity index (χ4v) is 3.46. The summed E-state index contributed by atoms with van der Waals surface area (Å²) in [4.78, 5) is 40.2. The van der Waals surface area contributed by atoms with E-state index >= 15 is 0 Å². The first kappa shape index (κ1) is 14.6. The molecule has 0 saturated carbocycles. The lowest BCUT2D eigenvalue weighted by molar-refractivity contribution is -0.118. The Morgan fingerprint density at radius 1 is 1.00 bits per heavy atom. The lowest BCUT2D eigenvalue weighted by Gasteiger charge is -2.21. The van der Waals surface area contributed by atoms with Gasteiger partial charge < -0.3 is 4.90 Å². The van der Waals surface area contributed by atoms with Gasteiger partial charge in [-0.05, 0) is 23.8 Å². The third-order valence-electron chi connectivity index (χ3n) is 4.69. The van der Waals surface area contributed by atoms with Crippen LogP contribution in [0.2, 0.25) is 0 Å². The van der Waals surface area contributed by atoms with Crippen LogP contribution < -0.4 is 4.90 Å². The van der Waals surface area contributed by atoms with Gasteiger partial charge in [0.05, 0.1) is 11.1 Å². The number of fused-ring (bicyclic) bond motifs is 2. The molecule has 2 aromatic carbocycles. The first-order valence-corrected chi connectivity index (χ1v) is 7.92. The largest absolute Gasteiger partial charge is 0.310 e. The number of imide groups is 1. The smallest absolute Gasteiger partial charge is 0.262 e. The van der Waals surface area contributed by atoms with Crippen molar-refractivity contribution in [1.82, 2.24) is 4.90 Å². The minimum Gasteiger partial charge on any atom is -0.310 e. The van der Waals surface area contributed by atoms with Crippen LogP contribution in [0.15, 0.2) is 48.5 Å². The number of rotatable bonds is 2. The standard InChI is InChI=1S/C19H16N2O3/c1-12-10-20(16-9-5-4-6-13(12)16)17(22)11-21-18(23)14-7-2-3-8-15(14)19(21)24/h2-9,12H,10-11H2,1H3. The van der Waals surface area contributed by atoms with Crippen LogP contribution in [0.5, 0.6) is 0 Å². The van der Waals surface area contributed by atoms with Crippen LogP contribution in [0.3, 0.4) is 0 Å². The van der Waals surface area contributed by atoms with E-state index in [4.69, 9.17) is 0 Å². The van der Waals surface area contributed by atoms with Crippen molar-refractivity contribution in [2.45, 2.75) is 12.8 Å². The fourth-order valence-electron chi connectivity index (χ4n) is 3.46. The van der Waals surface area contributed by atoms with Crippen molar-refractivity contribution in [1.29, 1.82) is 0 Å². The molecule has 120 valence electrons. The Kier molecular flexibility index (Phi) is 3.23. The minimum absolute atomic E-state index is 0.229. The molecule has 24 heavy (non-hydrogen) atoms. The van der Waals surface area contributed by atoms with Gasteiger partial charge >= 0.3 is 0 Å². The van der Waals surface area contributed by atoms with Crippen molar-refractivity contribution in [3.8, 4) is 0 Å². The zero-order valence-corrected chi connectivity index (χ0v) is 13.2. The molecule has 1 unspecified atom stereocenters. The molecule has 3 amide bonds. The molecule has 2 aromatic rings. The Balaban J connectivity index is 1.59. The van der Waals surface area contributed by atoms with Crippen molar-refractivity contribution >= 4 is 23.4 Å². The van der Waals surface area contributed by atoms with Crippen LogP contribution in [0, 0.1) is 0 Å². The summed E-state index contributed by atoms with van der Waals surface area (Å²) in [6.45, 7) is 2.41. The maximum atomic E-state index is 12.7. The monoisotopic (exact) mass is 320 g/mol. The number of anilines is 1. The number of benzene rings is 2. The van der Waals surface area contributed by atoms with Gasteiger partial charge in [0.2, 0.25) is 5.91 Å². The van der Waals surface area contributed by atoms with E-state index in [0.717, 1.165) is 16.2 Å². The number of carbonyl (C=O) groups is 3. The van der Waals surface area contributed by atoms with Crippen molar-refractivity contribution in [3.63, 3.8) is 0 Å². The number of hydrogen-bond acceptors (Lipinski definition) is 3. The van der Waals surface area contributed by atoms with Crippen LogP contribution >= 0.6 is 0 Å². The molecule has 0 saturated heterocycles. The molecule has 0 bridgehead atoms. The molecular formula is C19H16N2O3. The van der Waals surface area contributed by atoms with E-state index in [2.05, 4.69) is 6.92 Å². The van der Waals surface area contributed by atoms with E-state index in [1.807, 2.05) is 24.3 Å². The molecule has 2 aliphatic heterocycles. The van der Waals surface area contributed by atoms with E-state index in [1.54, 1.807) is 29.2 Å². The van der Waals surface area contributed by atoms with Gasteiger partial charge in [0.25, 0.3) is 11.8 Å². The third-order valence-corrected chi connectivity index (χ3v) is 4.69. The van der Waals surface area contributed by atoms with Crippen LogP contribution in [0.1, 0.15) is 39.1 Å². The zero-order valence-electron chi connectivity index (χ0n) is 13.2. The van der Waals surface area contributed by atoms with Crippen molar-refractivity contribution in [2.75, 3.05) is 18.0 Å². The van der Waals surface area contributed by atoms with Crippen LogP contribution in [0.25, 0.3) is 0 Å². The summed E-state index contributed by atoms with van der Waals surface area (Å²) in [6.07, 6.45) is 0. The Hall–Kier alpha value is -2.95. The summed E-state index contributed by atoms with van der Waals surface area (Å²) in [6, 6.07) is 14.4. The predicted octanol–water partition coefficient (Wildman–Crippen LogP) is 2.43. The highest BCUT2D eigenvalue weighted by Gasteiger charge is 2.38. The molecule has 2 heterocycles. The fraction of sp³-hybridized carbons (Fsp3) is 0.211. The van der Waals surface area contributed by atoms with Gasteiger partial charge in [-0.2, -0.15) is 0 Å². The molecule has 1 atom stereocenters. The maximum absolute atomic E-state index is 12.7. The Bertz CT molecular complexity index is 839. The summed E-state index contributed by atoms with van der Waals surface area (Å²) in [5.41, 5.74) is 2.72. The quantitative estimate of drug-likeness (QED) is 0.799. The van der Waals surface area contributed by atoms with Gasteiger partial charge in [-0.25, -0.2) is 0 Å². The number of hydrogen-bond donors (Lipinski definition) is 0. The molecule has 5 nitrogen and oxygen atoms in total. The summed E-state index contributed by atoms with van der Waals surface area (Å²) < 4.78 is 0. The second-order valence-electron chi connectivity index (χ2n) is 6.21. The van der Waals surface area contributed by atoms with Crippen LogP contribution in [0.4, 0.5) is 5.69 Å². The zero-order chi connectivity index (χ0) is 16.8. The lowest BCUT2D eigenvalue weighted by Crippen LogP contribution is -2.42. The molecule has 4 rings (SSSR count). The summed E-state index contributed by atoms with van der Waals surface area (Å²) >= 11 is 0. The molecular weight excluding hydrogens is 304 g/mol. The van der Waals surface area contributed by atoms with Crippen molar-refractivity contribution < 1.29 is 14.4 Å². The van der Waals surface area contributed by atoms with E-state index < -0.39 is 11.8 Å². The molecule has 0 aliphatic carbocycles. The summed E-state index contributed by atoms with van der Waals surface area (Å²) in [5.74, 6) is -0.789. The molecule has 2 aliphatic rings. The average molecular weight is 320 g/mol. The third kappa shape index (κ3) is 2.05. The highest BCUT2D eigenvalue weighted by molar-refractivity contribution is 6.22. The molecule has 0 radical (unpaired) electrons. The first-order valence-electron chi connectivity index (χ1n) is 7.92. The Morgan fingerprint density at radius 3 is 2.25 bits per heavy atom. The number of para-hydroxylation sites is 1. The SMILES string of the molecule is CC1CN(C(=O)CN2C(=O)c3ccccc3C2=O)c2ccccc21. The highest BCUT2D eigenvalue weighted by atomic mass is 16.2. The molecule has 0 aromatic heterocycles. The van der Waals surface area contributed by atoms with Gasteiger partial charge in [0.15, 0.2) is 0 Å². The van der Waals surface area contributed by atoms with Gasteiger partial charge in [-0.15, -0.1) is 0 Å². The second-order valence-corrected chi connectivity index (χ2v) is 6.21. The summed E-state index contributed by atoms with van der Waals surface area (Å²) in [7, 11) is 0. The molecule has 5 heteroatoms. The molecule has 0 fully saturated rings. The number of amides is 3. The van der Waals surface area contributed by atoms with Crippen LogP contribution in [-0.2, 0) is 4.79 Å². The topological polar surface area (TPSA) is 57.7 Å². The summed E-state index contributed by atoms with van der Waals surface area (Å²) in [5, 5.41) is 0. The van der Waals surface area contributed by atoms with Gasteiger partial charge in [0.1, 0.15) is 6.54 Å². The Morgan fingerprint density at radius 2 is 1.58 bits per heavy atom. The highest BCUT2D eigenvalue weighted by Crippen LogP contribution is 2.36. The predicted molar refractivity (Wildman–Crippen MR) is 89.0 cm³/mol. The van der Waals surface area contributed by atoms with Crippen molar-refractivity contribution in [3.05, 3.63) is 65.2 Å². The lowest BCUT2D eigenvalue weighted by atomic mass is 10.0. The average Bonchev–Trinajstić information content (AvgIpc) is 3.06. The van der Waals surface area contributed by atoms with Gasteiger partial charge in [0, 0.05) is 18.2 Å². The number of carbonyl (C=O) groups excluding carboxylic acids is 3.